The van der Waals surface area contributed by atoms with E-state index in [1.165, 1.54) is 44.4 Å². The van der Waals surface area contributed by atoms with Gasteiger partial charge in [0, 0.05) is 58.4 Å². The highest BCUT2D eigenvalue weighted by Crippen LogP contribution is 2.50. The molecule has 0 aliphatic carbocycles. The average Bonchev–Trinajstić information content (AvgIpc) is 0.732. The molecule has 144 heavy (non-hydrogen) atoms. The van der Waals surface area contributed by atoms with Crippen LogP contribution < -0.4 is 27.0 Å². The van der Waals surface area contributed by atoms with Crippen LogP contribution in [0.2, 0.25) is 26.1 Å². The minimum absolute atomic E-state index is 0.134. The van der Waals surface area contributed by atoms with Crippen LogP contribution in [0.5, 0.6) is 0 Å². The summed E-state index contributed by atoms with van der Waals surface area (Å²) >= 11 is 26.0. The van der Waals surface area contributed by atoms with E-state index in [4.69, 9.17) is 62.7 Å². The molecule has 0 unspecified atom stereocenters. The van der Waals surface area contributed by atoms with Crippen molar-refractivity contribution in [2.24, 2.45) is 11.5 Å². The van der Waals surface area contributed by atoms with Gasteiger partial charge in [0.2, 0.25) is 17.7 Å². The molecule has 0 fully saturated rings. The number of aldehydes is 1. The largest absolute Gasteiger partial charge is 0.480 e. The van der Waals surface area contributed by atoms with Crippen molar-refractivity contribution in [3.05, 3.63) is 625 Å². The SMILES string of the molecule is CON(C)C(=O)CC(c1ccccc1)(c1ccccc1)c1ccccc1Cl.NC(=O)C(c1ccccc1)(c1ccccc1)c1ccccc1Cl.NC(=O)CCC(c1ccccc1)(c1ccccc1)c1ccccc1.O=C(O)C(c1ccccc1)(c1ccccc1)c1ccccc1Cl.O=CCC(c1ccccc1)(c1ccccc1)c1ccccc1Cl.OCCCC[Si](c1ccccc1)(c1ccccc1)c1ccccc1. The summed E-state index contributed by atoms with van der Waals surface area (Å²) in [5, 5.41) is 27.4. The minimum atomic E-state index is -2.07. The monoisotopic (exact) mass is 1990 g/mol. The van der Waals surface area contributed by atoms with E-state index >= 15 is 0 Å². The van der Waals surface area contributed by atoms with Crippen LogP contribution >= 0.6 is 46.4 Å². The second kappa shape index (κ2) is 52.5. The Morgan fingerprint density at radius 1 is 0.312 bits per heavy atom. The van der Waals surface area contributed by atoms with Gasteiger partial charge in [-0.3, -0.25) is 24.0 Å². The van der Waals surface area contributed by atoms with Crippen molar-refractivity contribution in [2.45, 2.75) is 71.6 Å². The molecule has 0 radical (unpaired) electrons. The lowest BCUT2D eigenvalue weighted by Crippen LogP contribution is -2.66. The van der Waals surface area contributed by atoms with Gasteiger partial charge in [-0.25, -0.2) is 5.06 Å². The lowest BCUT2D eigenvalue weighted by Gasteiger charge is -2.37. The van der Waals surface area contributed by atoms with Crippen molar-refractivity contribution in [2.75, 3.05) is 20.8 Å². The van der Waals surface area contributed by atoms with E-state index in [-0.39, 0.29) is 24.8 Å². The first kappa shape index (κ1) is 106. The van der Waals surface area contributed by atoms with E-state index in [1.807, 2.05) is 346 Å². The van der Waals surface area contributed by atoms with Gasteiger partial charge in [0.15, 0.2) is 0 Å². The van der Waals surface area contributed by atoms with E-state index in [0.29, 0.717) is 61.6 Å². The fourth-order valence-electron chi connectivity index (χ4n) is 19.7. The van der Waals surface area contributed by atoms with Gasteiger partial charge < -0.3 is 26.5 Å². The summed E-state index contributed by atoms with van der Waals surface area (Å²) in [5.41, 5.74) is 20.9. The number of rotatable bonds is 32. The molecule has 0 saturated carbocycles. The lowest BCUT2D eigenvalue weighted by molar-refractivity contribution is -0.169. The molecule has 0 heterocycles. The standard InChI is InChI=1S/C23H22ClNO2.C22H21NO.C22H24OSi.C21H17ClO.C20H16ClNO.C20H15ClO2/c1-25(27-2)22(26)17-23(18-11-5-3-6-12-18,19-13-7-4-8-14-19)20-15-9-10-16-21(20)24;23-21(24)16-17-22(18-10-4-1-5-11-18,19-12-6-2-7-13-19)20-14-8-3-9-15-20;23-18-10-11-19-24(20-12-4-1-5-13-20,21-14-6-2-7-15-21)22-16-8-3-9-17-22;22-20-14-8-7-13-19(20)21(15-16-23,17-9-3-1-4-10-17)18-11-5-2-6-12-18;2*21-18-14-8-7-13-17(18)20(19(22)23,15-9-3-1-4-10-15)16-11-5-2-6-12-16/h3-16H,17H2,1-2H3;1-15H,16-17H2,(H2,23,24);1-9,12-17,23H,10-11,18-19H2;1-14,16H,15H2;1-14H,(H2,22,23);1-14H,(H,22,23). The number of carboxylic acid groups (broad SMARTS) is 1. The number of nitrogens with zero attached hydrogens (tertiary/aromatic N) is 1. The third kappa shape index (κ3) is 24.2. The Morgan fingerprint density at radius 2 is 0.542 bits per heavy atom. The van der Waals surface area contributed by atoms with E-state index in [2.05, 4.69) is 152 Å². The summed E-state index contributed by atoms with van der Waals surface area (Å²) < 4.78 is 0. The molecule has 0 atom stereocenters. The molecular weight excluding hydrogens is 1880 g/mol. The van der Waals surface area contributed by atoms with Crippen molar-refractivity contribution in [1.29, 1.82) is 0 Å². The smallest absolute Gasteiger partial charge is 0.323 e. The zero-order valence-electron chi connectivity index (χ0n) is 80.3. The maximum Gasteiger partial charge on any atom is 0.323 e. The van der Waals surface area contributed by atoms with Crippen LogP contribution in [0, 0.1) is 0 Å². The van der Waals surface area contributed by atoms with Crippen LogP contribution in [-0.4, -0.2) is 74.1 Å². The number of benzene rings is 18. The Balaban J connectivity index is 0.000000145. The number of primary amides is 2. The molecule has 0 spiro atoms. The molecule has 6 N–H and O–H groups in total. The van der Waals surface area contributed by atoms with Crippen LogP contribution in [-0.2, 0) is 55.9 Å². The van der Waals surface area contributed by atoms with Gasteiger partial charge in [-0.05, 0) is 142 Å². The maximum atomic E-state index is 13.0. The number of aliphatic carboxylic acids is 1. The van der Waals surface area contributed by atoms with Gasteiger partial charge >= 0.3 is 5.97 Å². The first-order valence-electron chi connectivity index (χ1n) is 47.8. The highest BCUT2D eigenvalue weighted by Gasteiger charge is 2.48. The molecule has 0 aliphatic rings. The normalized spacial score (nSPS) is 11.2. The average molecular weight is 1990 g/mol. The van der Waals surface area contributed by atoms with Gasteiger partial charge in [0.1, 0.15) is 25.2 Å². The maximum absolute atomic E-state index is 13.0. The first-order valence-corrected chi connectivity index (χ1v) is 51.5. The highest BCUT2D eigenvalue weighted by molar-refractivity contribution is 7.11. The molecule has 0 aliphatic heterocycles. The van der Waals surface area contributed by atoms with Gasteiger partial charge in [0.25, 0.3) is 0 Å². The van der Waals surface area contributed by atoms with Crippen LogP contribution in [0.3, 0.4) is 0 Å². The predicted octanol–water partition coefficient (Wildman–Crippen LogP) is 26.5. The number of aliphatic hydroxyl groups excluding tert-OH is 1. The number of unbranched alkanes of at least 4 members (excludes halogenated alkanes) is 1. The number of carboxylic acids is 1. The number of halogens is 4. The summed E-state index contributed by atoms with van der Waals surface area (Å²) in [6.45, 7) is 0.267. The molecule has 11 nitrogen and oxygen atoms in total. The van der Waals surface area contributed by atoms with Crippen molar-refractivity contribution in [3.63, 3.8) is 0 Å². The van der Waals surface area contributed by atoms with Crippen molar-refractivity contribution < 1.29 is 39.0 Å². The molecule has 0 aromatic heterocycles. The number of hydrogen-bond donors (Lipinski definition) is 4. The Labute approximate surface area is 866 Å². The van der Waals surface area contributed by atoms with Crippen LogP contribution in [0.1, 0.15) is 122 Å². The molecule has 0 bridgehead atoms. The van der Waals surface area contributed by atoms with Gasteiger partial charge in [0.05, 0.1) is 17.9 Å². The van der Waals surface area contributed by atoms with Gasteiger partial charge in [-0.1, -0.05) is 550 Å². The second-order valence-corrected chi connectivity index (χ2v) is 40.3. The molecule has 18 aromatic carbocycles. The van der Waals surface area contributed by atoms with Crippen molar-refractivity contribution in [3.8, 4) is 0 Å². The Kier molecular flexibility index (Phi) is 38.7. The summed E-state index contributed by atoms with van der Waals surface area (Å²) in [6.07, 6.45) is 4.38. The molecule has 18 rings (SSSR count). The third-order valence-electron chi connectivity index (χ3n) is 26.5. The summed E-state index contributed by atoms with van der Waals surface area (Å²) in [6, 6.07) is 172. The lowest BCUT2D eigenvalue weighted by atomic mass is 9.67. The Bertz CT molecular complexity index is 6520. The molecule has 0 saturated heterocycles. The number of hydrogen-bond acceptors (Lipinski definition) is 7. The number of nitrogens with two attached hydrogens (primary N) is 2. The quantitative estimate of drug-likeness (QED) is 0.0105. The number of carbonyl (C=O) groups excluding carboxylic acids is 4. The number of amides is 3. The van der Waals surface area contributed by atoms with E-state index < -0.39 is 47.0 Å². The summed E-state index contributed by atoms with van der Waals surface area (Å²) in [4.78, 5) is 66.6. The topological polar surface area (TPSA) is 190 Å². The van der Waals surface area contributed by atoms with Crippen LogP contribution in [0.15, 0.2) is 522 Å². The molecule has 3 amide bonds. The Hall–Kier alpha value is -15.2. The molecular formula is C128H115Cl4N3O8Si. The molecule has 18 aromatic rings. The van der Waals surface area contributed by atoms with Gasteiger partial charge in [-0.2, -0.15) is 0 Å². The number of hydroxylamine groups is 2. The van der Waals surface area contributed by atoms with Crippen molar-refractivity contribution >= 4 is 100 Å². The van der Waals surface area contributed by atoms with Crippen molar-refractivity contribution in [1.82, 2.24) is 5.06 Å². The molecule has 722 valence electrons. The summed E-state index contributed by atoms with van der Waals surface area (Å²) in [7, 11) is 1.03. The zero-order chi connectivity index (χ0) is 101. The first-order chi connectivity index (χ1) is 70.3. The fourth-order valence-corrected chi connectivity index (χ4v) is 25.8. The number of carbonyl (C=O) groups is 5. The van der Waals surface area contributed by atoms with Gasteiger partial charge in [-0.15, -0.1) is 0 Å². The predicted molar refractivity (Wildman–Crippen MR) is 592 cm³/mol. The van der Waals surface area contributed by atoms with E-state index in [1.54, 1.807) is 31.3 Å². The highest BCUT2D eigenvalue weighted by atomic mass is 35.5. The summed E-state index contributed by atoms with van der Waals surface area (Å²) in [5.74, 6) is -1.82. The second-order valence-electron chi connectivity index (χ2n) is 34.6. The minimum Gasteiger partial charge on any atom is -0.480 e. The van der Waals surface area contributed by atoms with E-state index in [0.717, 1.165) is 69.7 Å². The number of aliphatic hydroxyl groups is 1. The Morgan fingerprint density at radius 3 is 0.792 bits per heavy atom. The zero-order valence-corrected chi connectivity index (χ0v) is 84.4. The fraction of sp³-hybridized carbons (Fsp3) is 0.117. The van der Waals surface area contributed by atoms with Crippen LogP contribution in [0.25, 0.3) is 0 Å². The molecule has 16 heteroatoms. The van der Waals surface area contributed by atoms with Crippen LogP contribution in [0.4, 0.5) is 0 Å². The third-order valence-corrected chi connectivity index (χ3v) is 32.9. The van der Waals surface area contributed by atoms with E-state index in [9.17, 15) is 34.2 Å².